The molecule has 1 atom stereocenters. The first-order valence-electron chi connectivity index (χ1n) is 12.7. The molecule has 202 valence electrons. The van der Waals surface area contributed by atoms with E-state index in [9.17, 15) is 9.59 Å². The van der Waals surface area contributed by atoms with E-state index in [1.54, 1.807) is 23.8 Å². The fourth-order valence-corrected chi connectivity index (χ4v) is 6.01. The number of hydrogen-bond donors (Lipinski definition) is 1. The largest absolute Gasteiger partial charge is 0.385 e. The van der Waals surface area contributed by atoms with Crippen LogP contribution in [0.4, 0.5) is 5.82 Å². The van der Waals surface area contributed by atoms with Gasteiger partial charge in [-0.15, -0.1) is 11.8 Å². The number of rotatable bonds is 8. The Bertz CT molecular complexity index is 1320. The number of para-hydroxylation sites is 1. The average Bonchev–Trinajstić information content (AvgIpc) is 3.20. The summed E-state index contributed by atoms with van der Waals surface area (Å²) in [6, 6.07) is 15.7. The predicted molar refractivity (Wildman–Crippen MR) is 155 cm³/mol. The Morgan fingerprint density at radius 1 is 1.21 bits per heavy atom. The lowest BCUT2D eigenvalue weighted by Gasteiger charge is -2.25. The van der Waals surface area contributed by atoms with Crippen LogP contribution in [0.15, 0.2) is 48.5 Å². The first-order valence-corrected chi connectivity index (χ1v) is 14.2. The number of halogens is 1. The zero-order valence-corrected chi connectivity index (χ0v) is 24.2. The molecule has 0 radical (unpaired) electrons. The van der Waals surface area contributed by atoms with E-state index in [1.165, 1.54) is 0 Å². The van der Waals surface area contributed by atoms with E-state index >= 15 is 0 Å². The van der Waals surface area contributed by atoms with Crippen molar-refractivity contribution in [3.8, 4) is 5.69 Å². The van der Waals surface area contributed by atoms with Crippen molar-refractivity contribution in [2.75, 3.05) is 37.5 Å². The minimum absolute atomic E-state index is 0.0944. The zero-order chi connectivity index (χ0) is 27.4. The molecule has 9 heteroatoms. The summed E-state index contributed by atoms with van der Waals surface area (Å²) in [5.74, 6) is 0.501. The van der Waals surface area contributed by atoms with Crippen molar-refractivity contribution < 1.29 is 14.3 Å². The summed E-state index contributed by atoms with van der Waals surface area (Å²) in [7, 11) is 1.63. The van der Waals surface area contributed by atoms with E-state index in [-0.39, 0.29) is 34.8 Å². The molecule has 38 heavy (non-hydrogen) atoms. The lowest BCUT2D eigenvalue weighted by Crippen LogP contribution is -2.42. The molecule has 2 aromatic carbocycles. The van der Waals surface area contributed by atoms with Gasteiger partial charge in [0.1, 0.15) is 12.4 Å². The van der Waals surface area contributed by atoms with Crippen molar-refractivity contribution in [3.63, 3.8) is 0 Å². The molecule has 0 bridgehead atoms. The first-order chi connectivity index (χ1) is 18.1. The third kappa shape index (κ3) is 6.08. The Hall–Kier alpha value is -2.81. The highest BCUT2D eigenvalue weighted by molar-refractivity contribution is 8.00. The van der Waals surface area contributed by atoms with Crippen molar-refractivity contribution in [3.05, 3.63) is 75.9 Å². The summed E-state index contributed by atoms with van der Waals surface area (Å²) in [5, 5.41) is 8.52. The smallest absolute Gasteiger partial charge is 0.240 e. The van der Waals surface area contributed by atoms with Crippen LogP contribution in [0.5, 0.6) is 0 Å². The summed E-state index contributed by atoms with van der Waals surface area (Å²) in [5.41, 5.74) is 4.38. The summed E-state index contributed by atoms with van der Waals surface area (Å²) in [6.45, 7) is 9.33. The summed E-state index contributed by atoms with van der Waals surface area (Å²) >= 11 is 7.95. The van der Waals surface area contributed by atoms with Crippen LogP contribution in [0.3, 0.4) is 0 Å². The van der Waals surface area contributed by atoms with E-state index < -0.39 is 0 Å². The van der Waals surface area contributed by atoms with E-state index in [2.05, 4.69) is 26.1 Å². The summed E-state index contributed by atoms with van der Waals surface area (Å²) in [4.78, 5) is 28.4. The molecule has 1 unspecified atom stereocenters. The van der Waals surface area contributed by atoms with Gasteiger partial charge in [0.15, 0.2) is 0 Å². The molecule has 0 spiro atoms. The maximum atomic E-state index is 13.7. The second-order valence-corrected chi connectivity index (χ2v) is 12.0. The number of benzene rings is 2. The van der Waals surface area contributed by atoms with E-state index in [1.807, 2.05) is 60.1 Å². The second kappa shape index (κ2) is 11.9. The summed E-state index contributed by atoms with van der Waals surface area (Å²) < 4.78 is 6.94. The van der Waals surface area contributed by atoms with Gasteiger partial charge in [-0.05, 0) is 42.7 Å². The van der Waals surface area contributed by atoms with Crippen molar-refractivity contribution >= 4 is 41.0 Å². The minimum Gasteiger partial charge on any atom is -0.385 e. The van der Waals surface area contributed by atoms with Gasteiger partial charge in [-0.25, -0.2) is 4.68 Å². The third-order valence-electron chi connectivity index (χ3n) is 6.44. The SMILES string of the molecule is COCCCNC(=O)CN1C(=O)CSC(c2cccc(Cl)c2)c2c(C(C)(C)C)nn(-c3ccccc3C)c21. The van der Waals surface area contributed by atoms with Gasteiger partial charge in [0, 0.05) is 36.3 Å². The van der Waals surface area contributed by atoms with Gasteiger partial charge in [0.2, 0.25) is 11.8 Å². The fraction of sp³-hybridized carbons (Fsp3) is 0.414. The van der Waals surface area contributed by atoms with E-state index in [4.69, 9.17) is 21.4 Å². The lowest BCUT2D eigenvalue weighted by molar-refractivity contribution is -0.122. The molecule has 1 aromatic heterocycles. The minimum atomic E-state index is -0.323. The average molecular weight is 555 g/mol. The molecule has 1 aliphatic heterocycles. The molecule has 0 saturated heterocycles. The molecule has 0 saturated carbocycles. The zero-order valence-electron chi connectivity index (χ0n) is 22.6. The number of thioether (sulfide) groups is 1. The summed E-state index contributed by atoms with van der Waals surface area (Å²) in [6.07, 6.45) is 0.698. The molecule has 3 aromatic rings. The molecule has 1 aliphatic rings. The molecule has 0 fully saturated rings. The lowest BCUT2D eigenvalue weighted by atomic mass is 9.87. The van der Waals surface area contributed by atoms with Gasteiger partial charge in [-0.1, -0.05) is 62.7 Å². The maximum absolute atomic E-state index is 13.7. The van der Waals surface area contributed by atoms with Gasteiger partial charge in [0.05, 0.1) is 22.4 Å². The van der Waals surface area contributed by atoms with Crippen LogP contribution in [0, 0.1) is 6.92 Å². The van der Waals surface area contributed by atoms with Gasteiger partial charge < -0.3 is 10.1 Å². The van der Waals surface area contributed by atoms with Gasteiger partial charge in [-0.3, -0.25) is 14.5 Å². The van der Waals surface area contributed by atoms with Crippen LogP contribution in [0.2, 0.25) is 5.02 Å². The number of amides is 2. The number of nitrogens with zero attached hydrogens (tertiary/aromatic N) is 3. The Balaban J connectivity index is 1.92. The predicted octanol–water partition coefficient (Wildman–Crippen LogP) is 5.45. The van der Waals surface area contributed by atoms with Crippen LogP contribution >= 0.6 is 23.4 Å². The van der Waals surface area contributed by atoms with Gasteiger partial charge >= 0.3 is 0 Å². The molecular weight excluding hydrogens is 520 g/mol. The van der Waals surface area contributed by atoms with Crippen molar-refractivity contribution in [1.82, 2.24) is 15.1 Å². The highest BCUT2D eigenvalue weighted by atomic mass is 35.5. The quantitative estimate of drug-likeness (QED) is 0.374. The van der Waals surface area contributed by atoms with Crippen LogP contribution in [0.25, 0.3) is 5.69 Å². The highest BCUT2D eigenvalue weighted by Gasteiger charge is 2.40. The number of aryl methyl sites for hydroxylation is 1. The standard InChI is InChI=1S/C29H35ClN4O3S/c1-19-10-6-7-13-22(19)34-28-25(27(32-34)29(2,3)4)26(20-11-8-12-21(30)16-20)38-18-24(36)33(28)17-23(35)31-14-9-15-37-5/h6-8,10-13,16,26H,9,14-15,17-18H2,1-5H3,(H,31,35). The highest BCUT2D eigenvalue weighted by Crippen LogP contribution is 2.48. The molecule has 2 heterocycles. The van der Waals surface area contributed by atoms with Crippen LogP contribution in [-0.2, 0) is 19.7 Å². The van der Waals surface area contributed by atoms with Crippen molar-refractivity contribution in [1.29, 1.82) is 0 Å². The number of nitrogens with one attached hydrogen (secondary N) is 1. The van der Waals surface area contributed by atoms with Crippen LogP contribution in [0.1, 0.15) is 54.8 Å². The Morgan fingerprint density at radius 3 is 2.66 bits per heavy atom. The normalized spacial score (nSPS) is 15.8. The van der Waals surface area contributed by atoms with Crippen LogP contribution < -0.4 is 10.2 Å². The van der Waals surface area contributed by atoms with E-state index in [0.717, 1.165) is 28.1 Å². The number of methoxy groups -OCH3 is 1. The number of ether oxygens (including phenoxy) is 1. The Kier molecular flexibility index (Phi) is 8.85. The number of fused-ring (bicyclic) bond motifs is 1. The Labute approximate surface area is 233 Å². The number of anilines is 1. The molecular formula is C29H35ClN4O3S. The third-order valence-corrected chi connectivity index (χ3v) is 7.93. The van der Waals surface area contributed by atoms with Crippen molar-refractivity contribution in [2.45, 2.75) is 44.8 Å². The molecule has 0 aliphatic carbocycles. The topological polar surface area (TPSA) is 76.5 Å². The molecule has 2 amide bonds. The fourth-order valence-electron chi connectivity index (χ4n) is 4.62. The van der Waals surface area contributed by atoms with Crippen molar-refractivity contribution in [2.24, 2.45) is 0 Å². The van der Waals surface area contributed by atoms with Crippen LogP contribution in [-0.4, -0.2) is 54.2 Å². The van der Waals surface area contributed by atoms with Gasteiger partial charge in [-0.2, -0.15) is 5.10 Å². The number of carbonyl (C=O) groups excluding carboxylic acids is 2. The maximum Gasteiger partial charge on any atom is 0.240 e. The molecule has 7 nitrogen and oxygen atoms in total. The second-order valence-electron chi connectivity index (χ2n) is 10.5. The molecule has 4 rings (SSSR count). The van der Waals surface area contributed by atoms with E-state index in [0.29, 0.717) is 30.4 Å². The first kappa shape index (κ1) is 28.2. The molecule has 1 N–H and O–H groups in total. The number of aromatic nitrogens is 2. The number of hydrogen-bond acceptors (Lipinski definition) is 5. The van der Waals surface area contributed by atoms with Gasteiger partial charge in [0.25, 0.3) is 0 Å². The monoisotopic (exact) mass is 554 g/mol. The number of carbonyl (C=O) groups is 2. The Morgan fingerprint density at radius 2 is 1.97 bits per heavy atom.